The van der Waals surface area contributed by atoms with Crippen molar-refractivity contribution in [1.82, 2.24) is 0 Å². The zero-order valence-electron chi connectivity index (χ0n) is 4.85. The maximum absolute atomic E-state index is 10.0. The molecule has 8 heavy (non-hydrogen) atoms. The highest BCUT2D eigenvalue weighted by atomic mass is 32.1. The molecule has 4 N–H and O–H groups in total. The largest absolute Gasteiger partial charge is 0.368 e. The SMILES string of the molecule is CC[C@H](N)C(N)=O.S. The van der Waals surface area contributed by atoms with Gasteiger partial charge in [-0.2, -0.15) is 13.5 Å². The Morgan fingerprint density at radius 2 is 2.12 bits per heavy atom. The van der Waals surface area contributed by atoms with Crippen molar-refractivity contribution < 1.29 is 4.79 Å². The van der Waals surface area contributed by atoms with E-state index in [9.17, 15) is 4.79 Å². The lowest BCUT2D eigenvalue weighted by molar-refractivity contribution is -0.119. The van der Waals surface area contributed by atoms with Gasteiger partial charge in [0.25, 0.3) is 0 Å². The van der Waals surface area contributed by atoms with Gasteiger partial charge in [0.15, 0.2) is 0 Å². The van der Waals surface area contributed by atoms with E-state index in [2.05, 4.69) is 0 Å². The van der Waals surface area contributed by atoms with E-state index in [-0.39, 0.29) is 13.5 Å². The molecule has 0 aromatic heterocycles. The molecule has 0 heterocycles. The van der Waals surface area contributed by atoms with Gasteiger partial charge in [-0.25, -0.2) is 0 Å². The second-order valence-corrected chi connectivity index (χ2v) is 1.42. The first kappa shape index (κ1) is 10.7. The molecule has 0 saturated heterocycles. The van der Waals surface area contributed by atoms with E-state index in [1.165, 1.54) is 0 Å². The minimum Gasteiger partial charge on any atom is -0.368 e. The van der Waals surface area contributed by atoms with Gasteiger partial charge in [-0.1, -0.05) is 6.92 Å². The van der Waals surface area contributed by atoms with Gasteiger partial charge >= 0.3 is 0 Å². The normalized spacial score (nSPS) is 11.8. The van der Waals surface area contributed by atoms with Crippen molar-refractivity contribution >= 4 is 19.4 Å². The minimum absolute atomic E-state index is 0. The molecule has 0 unspecified atom stereocenters. The molecule has 1 atom stereocenters. The Kier molecular flexibility index (Phi) is 6.59. The summed E-state index contributed by atoms with van der Waals surface area (Å²) in [5, 5.41) is 0. The average Bonchev–Trinajstić information content (AvgIpc) is 1.65. The third-order valence-electron chi connectivity index (χ3n) is 0.805. The van der Waals surface area contributed by atoms with Crippen molar-refractivity contribution in [2.24, 2.45) is 11.5 Å². The Bertz CT molecular complexity index is 76.4. The van der Waals surface area contributed by atoms with Crippen LogP contribution < -0.4 is 11.5 Å². The molecule has 0 saturated carbocycles. The molecular formula is C4H12N2OS. The smallest absolute Gasteiger partial charge is 0.234 e. The van der Waals surface area contributed by atoms with Crippen molar-refractivity contribution in [3.63, 3.8) is 0 Å². The Morgan fingerprint density at radius 1 is 1.75 bits per heavy atom. The molecule has 0 aliphatic rings. The van der Waals surface area contributed by atoms with Crippen LogP contribution in [0.3, 0.4) is 0 Å². The molecule has 0 aliphatic heterocycles. The van der Waals surface area contributed by atoms with E-state index < -0.39 is 11.9 Å². The number of rotatable bonds is 2. The second kappa shape index (κ2) is 4.93. The quantitative estimate of drug-likeness (QED) is 0.528. The summed E-state index contributed by atoms with van der Waals surface area (Å²) in [5.74, 6) is -0.428. The number of carbonyl (C=O) groups is 1. The predicted octanol–water partition coefficient (Wildman–Crippen LogP) is -0.678. The number of amides is 1. The van der Waals surface area contributed by atoms with Crippen LogP contribution in [-0.2, 0) is 4.79 Å². The fraction of sp³-hybridized carbons (Fsp3) is 0.750. The van der Waals surface area contributed by atoms with Gasteiger partial charge in [0.2, 0.25) is 5.91 Å². The van der Waals surface area contributed by atoms with Crippen LogP contribution in [0.5, 0.6) is 0 Å². The van der Waals surface area contributed by atoms with Crippen molar-refractivity contribution in [2.75, 3.05) is 0 Å². The molecule has 0 spiro atoms. The first-order valence-corrected chi connectivity index (χ1v) is 2.23. The van der Waals surface area contributed by atoms with Crippen LogP contribution in [0.4, 0.5) is 0 Å². The molecule has 3 nitrogen and oxygen atoms in total. The highest BCUT2D eigenvalue weighted by Gasteiger charge is 2.02. The van der Waals surface area contributed by atoms with E-state index in [1.807, 2.05) is 6.92 Å². The lowest BCUT2D eigenvalue weighted by Gasteiger charge is -1.98. The van der Waals surface area contributed by atoms with Crippen molar-refractivity contribution in [2.45, 2.75) is 19.4 Å². The summed E-state index contributed by atoms with van der Waals surface area (Å²) >= 11 is 0. The number of hydrogen-bond acceptors (Lipinski definition) is 2. The minimum atomic E-state index is -0.458. The zero-order valence-corrected chi connectivity index (χ0v) is 5.85. The first-order chi connectivity index (χ1) is 3.18. The first-order valence-electron chi connectivity index (χ1n) is 2.23. The van der Waals surface area contributed by atoms with E-state index in [4.69, 9.17) is 11.5 Å². The van der Waals surface area contributed by atoms with Gasteiger partial charge in [0.05, 0.1) is 6.04 Å². The van der Waals surface area contributed by atoms with E-state index in [1.54, 1.807) is 0 Å². The molecule has 50 valence electrons. The Hall–Kier alpha value is -0.220. The molecule has 0 bridgehead atoms. The van der Waals surface area contributed by atoms with Crippen LogP contribution in [0.2, 0.25) is 0 Å². The maximum Gasteiger partial charge on any atom is 0.234 e. The average molecular weight is 136 g/mol. The van der Waals surface area contributed by atoms with Crippen molar-refractivity contribution in [1.29, 1.82) is 0 Å². The number of carbonyl (C=O) groups excluding carboxylic acids is 1. The van der Waals surface area contributed by atoms with Crippen LogP contribution >= 0.6 is 13.5 Å². The standard InChI is InChI=1S/C4H10N2O.H2S/c1-2-3(5)4(6)7;/h3H,2,5H2,1H3,(H2,6,7);1H2/t3-;/m0./s1. The van der Waals surface area contributed by atoms with Crippen molar-refractivity contribution in [3.05, 3.63) is 0 Å². The maximum atomic E-state index is 10.0. The van der Waals surface area contributed by atoms with Crippen LogP contribution in [-0.4, -0.2) is 11.9 Å². The summed E-state index contributed by atoms with van der Waals surface area (Å²) < 4.78 is 0. The molecule has 0 rings (SSSR count). The summed E-state index contributed by atoms with van der Waals surface area (Å²) in [6, 6.07) is -0.458. The molecule has 0 radical (unpaired) electrons. The molecule has 0 aliphatic carbocycles. The van der Waals surface area contributed by atoms with Gasteiger partial charge in [-0.05, 0) is 6.42 Å². The van der Waals surface area contributed by atoms with Crippen LogP contribution in [0, 0.1) is 0 Å². The highest BCUT2D eigenvalue weighted by Crippen LogP contribution is 1.80. The summed E-state index contributed by atoms with van der Waals surface area (Å²) in [6.45, 7) is 1.81. The van der Waals surface area contributed by atoms with E-state index in [0.717, 1.165) is 0 Å². The second-order valence-electron chi connectivity index (χ2n) is 1.42. The third kappa shape index (κ3) is 3.95. The predicted molar refractivity (Wildman–Crippen MR) is 37.8 cm³/mol. The van der Waals surface area contributed by atoms with Crippen LogP contribution in [0.25, 0.3) is 0 Å². The third-order valence-corrected chi connectivity index (χ3v) is 0.805. The topological polar surface area (TPSA) is 69.1 Å². The summed E-state index contributed by atoms with van der Waals surface area (Å²) in [6.07, 6.45) is 0.620. The lowest BCUT2D eigenvalue weighted by atomic mass is 10.2. The van der Waals surface area contributed by atoms with Crippen LogP contribution in [0.1, 0.15) is 13.3 Å². The zero-order chi connectivity index (χ0) is 5.86. The molecule has 0 aromatic rings. The van der Waals surface area contributed by atoms with Gasteiger partial charge in [0.1, 0.15) is 0 Å². The van der Waals surface area contributed by atoms with Gasteiger partial charge < -0.3 is 11.5 Å². The fourth-order valence-corrected chi connectivity index (χ4v) is 0.201. The number of nitrogens with two attached hydrogens (primary N) is 2. The van der Waals surface area contributed by atoms with E-state index in [0.29, 0.717) is 6.42 Å². The lowest BCUT2D eigenvalue weighted by Crippen LogP contribution is -2.35. The molecule has 4 heteroatoms. The summed E-state index contributed by atoms with van der Waals surface area (Å²) in [4.78, 5) is 10.0. The number of primary amides is 1. The summed E-state index contributed by atoms with van der Waals surface area (Å²) in [7, 11) is 0. The van der Waals surface area contributed by atoms with Crippen molar-refractivity contribution in [3.8, 4) is 0 Å². The van der Waals surface area contributed by atoms with Gasteiger partial charge in [-0.15, -0.1) is 0 Å². The fourth-order valence-electron chi connectivity index (χ4n) is 0.201. The molecular weight excluding hydrogens is 124 g/mol. The Morgan fingerprint density at radius 3 is 2.12 bits per heavy atom. The molecule has 1 amide bonds. The van der Waals surface area contributed by atoms with Crippen LogP contribution in [0.15, 0.2) is 0 Å². The number of hydrogen-bond donors (Lipinski definition) is 2. The molecule has 0 fully saturated rings. The Labute approximate surface area is 55.9 Å². The van der Waals surface area contributed by atoms with E-state index >= 15 is 0 Å². The van der Waals surface area contributed by atoms with Gasteiger partial charge in [-0.3, -0.25) is 4.79 Å². The highest BCUT2D eigenvalue weighted by molar-refractivity contribution is 7.59. The molecule has 0 aromatic carbocycles. The van der Waals surface area contributed by atoms with Gasteiger partial charge in [0, 0.05) is 0 Å². The Balaban J connectivity index is 0. The monoisotopic (exact) mass is 136 g/mol. The summed E-state index contributed by atoms with van der Waals surface area (Å²) in [5.41, 5.74) is 9.92.